The molecule has 1 N–H and O–H groups in total. The molecule has 0 atom stereocenters. The molecule has 0 amide bonds. The average Bonchev–Trinajstić information content (AvgIpc) is 2.63. The molecule has 3 heteroatoms. The Balaban J connectivity index is 2.07. The van der Waals surface area contributed by atoms with E-state index >= 15 is 0 Å². The van der Waals surface area contributed by atoms with Crippen molar-refractivity contribution in [1.82, 2.24) is 0 Å². The first-order chi connectivity index (χ1) is 14.5. The fraction of sp³-hybridized carbons (Fsp3) is 0.552. The van der Waals surface area contributed by atoms with Gasteiger partial charge in [0.1, 0.15) is 11.5 Å². The second kappa shape index (κ2) is 9.29. The van der Waals surface area contributed by atoms with Gasteiger partial charge in [0, 0.05) is 6.42 Å². The van der Waals surface area contributed by atoms with Crippen LogP contribution in [0, 0.1) is 19.3 Å². The van der Waals surface area contributed by atoms with Crippen molar-refractivity contribution in [3.63, 3.8) is 0 Å². The summed E-state index contributed by atoms with van der Waals surface area (Å²) in [7, 11) is 0. The minimum atomic E-state index is -0.242. The van der Waals surface area contributed by atoms with Crippen LogP contribution in [0.25, 0.3) is 0 Å². The van der Waals surface area contributed by atoms with Gasteiger partial charge in [-0.15, -0.1) is 0 Å². The maximum absolute atomic E-state index is 12.5. The first-order valence-electron chi connectivity index (χ1n) is 11.6. The lowest BCUT2D eigenvalue weighted by atomic mass is 9.72. The molecule has 3 nitrogen and oxygen atoms in total. The summed E-state index contributed by atoms with van der Waals surface area (Å²) in [4.78, 5) is 12.5. The quantitative estimate of drug-likeness (QED) is 0.374. The average molecular weight is 439 g/mol. The van der Waals surface area contributed by atoms with Crippen molar-refractivity contribution in [3.8, 4) is 11.5 Å². The predicted octanol–water partition coefficient (Wildman–Crippen LogP) is 7.56. The number of carbonyl (C=O) groups is 1. The third kappa shape index (κ3) is 6.60. The molecule has 0 radical (unpaired) electrons. The lowest BCUT2D eigenvalue weighted by Gasteiger charge is -2.33. The van der Waals surface area contributed by atoms with Gasteiger partial charge < -0.3 is 9.84 Å². The minimum absolute atomic E-state index is 0.0554. The van der Waals surface area contributed by atoms with Crippen LogP contribution in [-0.4, -0.2) is 11.1 Å². The topological polar surface area (TPSA) is 46.5 Å². The molecule has 0 saturated carbocycles. The summed E-state index contributed by atoms with van der Waals surface area (Å²) in [5.74, 6) is 0.698. The Labute approximate surface area is 195 Å². The van der Waals surface area contributed by atoms with Crippen molar-refractivity contribution in [2.45, 2.75) is 99.3 Å². The molecule has 0 aliphatic carbocycles. The van der Waals surface area contributed by atoms with E-state index in [-0.39, 0.29) is 22.2 Å². The molecule has 0 spiro atoms. The third-order valence-electron chi connectivity index (χ3n) is 6.22. The van der Waals surface area contributed by atoms with Gasteiger partial charge in [-0.2, -0.15) is 0 Å². The smallest absolute Gasteiger partial charge is 0.311 e. The summed E-state index contributed by atoms with van der Waals surface area (Å²) < 4.78 is 5.61. The summed E-state index contributed by atoms with van der Waals surface area (Å²) in [5.41, 5.74) is 5.30. The van der Waals surface area contributed by atoms with Crippen LogP contribution in [0.1, 0.15) is 96.0 Å². The number of phenols is 1. The highest BCUT2D eigenvalue weighted by molar-refractivity contribution is 5.73. The zero-order valence-corrected chi connectivity index (χ0v) is 21.8. The Kier molecular flexibility index (Phi) is 7.54. The first kappa shape index (κ1) is 26.0. The third-order valence-corrected chi connectivity index (χ3v) is 6.22. The molecule has 2 rings (SSSR count). The number of aryl methyl sites for hydroxylation is 1. The van der Waals surface area contributed by atoms with Gasteiger partial charge in [-0.3, -0.25) is 4.79 Å². The second-order valence-corrected chi connectivity index (χ2v) is 12.1. The zero-order valence-electron chi connectivity index (χ0n) is 21.8. The molecule has 0 saturated heterocycles. The Bertz CT molecular complexity index is 952. The van der Waals surface area contributed by atoms with E-state index in [9.17, 15) is 9.90 Å². The summed E-state index contributed by atoms with van der Waals surface area (Å²) in [6, 6.07) is 9.96. The Hall–Kier alpha value is -2.29. The van der Waals surface area contributed by atoms with Gasteiger partial charge >= 0.3 is 5.97 Å². The van der Waals surface area contributed by atoms with E-state index in [1.54, 1.807) is 0 Å². The van der Waals surface area contributed by atoms with E-state index in [1.807, 2.05) is 32.0 Å². The summed E-state index contributed by atoms with van der Waals surface area (Å²) in [5, 5.41) is 10.6. The standard InChI is InChI=1S/C29H42O3/c1-19-20(2)26(31)24(28(6,7)8)17-21(19)11-16-25(30)32-23-14-12-22(13-15-23)29(9,10)18-27(3,4)5/h12-15,17,31H,11,16,18H2,1-10H3. The first-order valence-corrected chi connectivity index (χ1v) is 11.6. The molecule has 0 aliphatic heterocycles. The SMILES string of the molecule is Cc1c(CCC(=O)Oc2ccc(C(C)(C)CC(C)(C)C)cc2)cc(C(C)(C)C)c(O)c1C. The molecule has 0 aromatic heterocycles. The Morgan fingerprint density at radius 1 is 0.906 bits per heavy atom. The normalized spacial score (nSPS) is 12.7. The number of hydrogen-bond acceptors (Lipinski definition) is 3. The number of carbonyl (C=O) groups excluding carboxylic acids is 1. The maximum atomic E-state index is 12.5. The predicted molar refractivity (Wildman–Crippen MR) is 134 cm³/mol. The Morgan fingerprint density at radius 2 is 1.47 bits per heavy atom. The van der Waals surface area contributed by atoms with Crippen LogP contribution >= 0.6 is 0 Å². The Morgan fingerprint density at radius 3 is 1.97 bits per heavy atom. The maximum Gasteiger partial charge on any atom is 0.311 e. The highest BCUT2D eigenvalue weighted by Crippen LogP contribution is 2.38. The number of aromatic hydroxyl groups is 1. The number of phenolic OH excluding ortho intramolecular Hbond substituents is 1. The van der Waals surface area contributed by atoms with Crippen molar-refractivity contribution < 1.29 is 14.6 Å². The largest absolute Gasteiger partial charge is 0.507 e. The van der Waals surface area contributed by atoms with Crippen LogP contribution < -0.4 is 4.74 Å². The zero-order chi connectivity index (χ0) is 24.5. The molecule has 32 heavy (non-hydrogen) atoms. The van der Waals surface area contributed by atoms with Crippen molar-refractivity contribution in [3.05, 3.63) is 58.1 Å². The van der Waals surface area contributed by atoms with Gasteiger partial charge in [0.25, 0.3) is 0 Å². The molecule has 0 fully saturated rings. The van der Waals surface area contributed by atoms with Crippen molar-refractivity contribution in [1.29, 1.82) is 0 Å². The van der Waals surface area contributed by atoms with E-state index < -0.39 is 0 Å². The van der Waals surface area contributed by atoms with Crippen LogP contribution in [0.15, 0.2) is 30.3 Å². The molecule has 0 unspecified atom stereocenters. The highest BCUT2D eigenvalue weighted by Gasteiger charge is 2.27. The summed E-state index contributed by atoms with van der Waals surface area (Å²) in [6.45, 7) is 21.5. The van der Waals surface area contributed by atoms with Gasteiger partial charge in [0.2, 0.25) is 0 Å². The van der Waals surface area contributed by atoms with E-state index in [0.29, 0.717) is 24.3 Å². The molecule has 2 aromatic carbocycles. The molecular formula is C29H42O3. The van der Waals surface area contributed by atoms with E-state index in [2.05, 4.69) is 67.5 Å². The molecule has 176 valence electrons. The number of hydrogen-bond donors (Lipinski definition) is 1. The second-order valence-electron chi connectivity index (χ2n) is 12.1. The van der Waals surface area contributed by atoms with Crippen molar-refractivity contribution in [2.24, 2.45) is 5.41 Å². The summed E-state index contributed by atoms with van der Waals surface area (Å²) >= 11 is 0. The molecule has 2 aromatic rings. The van der Waals surface area contributed by atoms with Crippen molar-refractivity contribution in [2.75, 3.05) is 0 Å². The van der Waals surface area contributed by atoms with Gasteiger partial charge in [0.05, 0.1) is 0 Å². The lowest BCUT2D eigenvalue weighted by molar-refractivity contribution is -0.134. The fourth-order valence-electron chi connectivity index (χ4n) is 4.62. The van der Waals surface area contributed by atoms with Crippen LogP contribution in [0.2, 0.25) is 0 Å². The van der Waals surface area contributed by atoms with Crippen LogP contribution in [0.4, 0.5) is 0 Å². The van der Waals surface area contributed by atoms with Crippen molar-refractivity contribution >= 4 is 5.97 Å². The lowest BCUT2D eigenvalue weighted by Crippen LogP contribution is -2.24. The van der Waals surface area contributed by atoms with Crippen LogP contribution in [-0.2, 0) is 22.0 Å². The minimum Gasteiger partial charge on any atom is -0.507 e. The van der Waals surface area contributed by atoms with Gasteiger partial charge in [-0.25, -0.2) is 0 Å². The fourth-order valence-corrected chi connectivity index (χ4v) is 4.62. The van der Waals surface area contributed by atoms with E-state index in [0.717, 1.165) is 28.7 Å². The van der Waals surface area contributed by atoms with Gasteiger partial charge in [-0.05, 0) is 82.9 Å². The highest BCUT2D eigenvalue weighted by atomic mass is 16.5. The molecule has 0 aliphatic rings. The van der Waals surface area contributed by atoms with Gasteiger partial charge in [-0.1, -0.05) is 73.6 Å². The van der Waals surface area contributed by atoms with E-state index in [4.69, 9.17) is 4.74 Å². The number of benzene rings is 2. The van der Waals surface area contributed by atoms with Crippen LogP contribution in [0.3, 0.4) is 0 Å². The van der Waals surface area contributed by atoms with Gasteiger partial charge in [0.15, 0.2) is 0 Å². The number of ether oxygens (including phenoxy) is 1. The molecule has 0 heterocycles. The summed E-state index contributed by atoms with van der Waals surface area (Å²) in [6.07, 6.45) is 1.96. The van der Waals surface area contributed by atoms with E-state index in [1.165, 1.54) is 5.56 Å². The van der Waals surface area contributed by atoms with Crippen LogP contribution in [0.5, 0.6) is 11.5 Å². The molecular weight excluding hydrogens is 396 g/mol. The number of esters is 1. The monoisotopic (exact) mass is 438 g/mol. The molecule has 0 bridgehead atoms. The number of rotatable bonds is 6.